The molecule has 0 spiro atoms. The standard InChI is InChI=1S/C16H27NO4/c1-16(2,3)21-15(20)17-10-12(9-13(17)14(18)19)8-11-6-4-5-7-11/h11-13H,4-10H2,1-3H3,(H,18,19)/t12-,13+/m1/s1. The maximum atomic E-state index is 12.2. The fourth-order valence-electron chi connectivity index (χ4n) is 3.57. The van der Waals surface area contributed by atoms with Crippen molar-refractivity contribution in [3.05, 3.63) is 0 Å². The first-order valence-corrected chi connectivity index (χ1v) is 7.98. The highest BCUT2D eigenvalue weighted by molar-refractivity contribution is 5.81. The average molecular weight is 297 g/mol. The van der Waals surface area contributed by atoms with E-state index in [1.807, 2.05) is 0 Å². The Labute approximate surface area is 126 Å². The lowest BCUT2D eigenvalue weighted by atomic mass is 9.91. The summed E-state index contributed by atoms with van der Waals surface area (Å²) in [6, 6.07) is -0.730. The van der Waals surface area contributed by atoms with Crippen molar-refractivity contribution in [1.29, 1.82) is 0 Å². The normalized spacial score (nSPS) is 27.1. The summed E-state index contributed by atoms with van der Waals surface area (Å²) < 4.78 is 5.34. The Morgan fingerprint density at radius 2 is 1.81 bits per heavy atom. The van der Waals surface area contributed by atoms with Crippen molar-refractivity contribution in [3.63, 3.8) is 0 Å². The molecule has 1 amide bonds. The van der Waals surface area contributed by atoms with E-state index in [1.165, 1.54) is 30.6 Å². The molecule has 0 aromatic heterocycles. The van der Waals surface area contributed by atoms with Crippen LogP contribution in [0, 0.1) is 11.8 Å². The fourth-order valence-corrected chi connectivity index (χ4v) is 3.57. The van der Waals surface area contributed by atoms with Gasteiger partial charge in [0, 0.05) is 6.54 Å². The number of likely N-dealkylation sites (tertiary alicyclic amines) is 1. The maximum Gasteiger partial charge on any atom is 0.411 e. The van der Waals surface area contributed by atoms with Crippen molar-refractivity contribution in [1.82, 2.24) is 4.90 Å². The van der Waals surface area contributed by atoms with Crippen molar-refractivity contribution in [2.75, 3.05) is 6.54 Å². The molecule has 0 radical (unpaired) electrons. The number of hydrogen-bond donors (Lipinski definition) is 1. The van der Waals surface area contributed by atoms with Gasteiger partial charge in [-0.3, -0.25) is 4.90 Å². The zero-order valence-corrected chi connectivity index (χ0v) is 13.3. The van der Waals surface area contributed by atoms with Crippen LogP contribution in [0.25, 0.3) is 0 Å². The summed E-state index contributed by atoms with van der Waals surface area (Å²) in [6.07, 6.45) is 6.18. The molecule has 21 heavy (non-hydrogen) atoms. The molecule has 1 N–H and O–H groups in total. The van der Waals surface area contributed by atoms with Gasteiger partial charge in [0.05, 0.1) is 0 Å². The molecule has 1 aliphatic carbocycles. The molecule has 2 fully saturated rings. The minimum absolute atomic E-state index is 0.293. The number of carbonyl (C=O) groups excluding carboxylic acids is 1. The molecule has 1 saturated heterocycles. The van der Waals surface area contributed by atoms with Gasteiger partial charge in [-0.1, -0.05) is 25.7 Å². The second-order valence-corrected chi connectivity index (χ2v) is 7.47. The van der Waals surface area contributed by atoms with Gasteiger partial charge in [0.1, 0.15) is 11.6 Å². The van der Waals surface area contributed by atoms with E-state index in [0.29, 0.717) is 24.8 Å². The fraction of sp³-hybridized carbons (Fsp3) is 0.875. The second-order valence-electron chi connectivity index (χ2n) is 7.47. The molecule has 1 aliphatic heterocycles. The highest BCUT2D eigenvalue weighted by Gasteiger charge is 2.42. The Morgan fingerprint density at radius 1 is 1.19 bits per heavy atom. The quantitative estimate of drug-likeness (QED) is 0.868. The van der Waals surface area contributed by atoms with Crippen molar-refractivity contribution >= 4 is 12.1 Å². The van der Waals surface area contributed by atoms with Crippen molar-refractivity contribution < 1.29 is 19.4 Å². The van der Waals surface area contributed by atoms with Crippen LogP contribution in [0.4, 0.5) is 4.79 Å². The lowest BCUT2D eigenvalue weighted by molar-refractivity contribution is -0.142. The average Bonchev–Trinajstić information content (AvgIpc) is 2.96. The SMILES string of the molecule is CC(C)(C)OC(=O)N1C[C@H](CC2CCCC2)C[C@H]1C(=O)O. The first-order chi connectivity index (χ1) is 9.76. The van der Waals surface area contributed by atoms with Crippen LogP contribution in [0.3, 0.4) is 0 Å². The molecule has 0 aromatic rings. The van der Waals surface area contributed by atoms with Crippen LogP contribution in [-0.4, -0.2) is 40.3 Å². The highest BCUT2D eigenvalue weighted by atomic mass is 16.6. The Morgan fingerprint density at radius 3 is 2.33 bits per heavy atom. The maximum absolute atomic E-state index is 12.2. The van der Waals surface area contributed by atoms with Crippen molar-refractivity contribution in [2.24, 2.45) is 11.8 Å². The van der Waals surface area contributed by atoms with E-state index in [1.54, 1.807) is 20.8 Å². The molecule has 2 atom stereocenters. The molecule has 120 valence electrons. The van der Waals surface area contributed by atoms with Gasteiger partial charge in [0.25, 0.3) is 0 Å². The van der Waals surface area contributed by atoms with E-state index in [0.717, 1.165) is 6.42 Å². The lowest BCUT2D eigenvalue weighted by Crippen LogP contribution is -2.43. The molecule has 1 saturated carbocycles. The summed E-state index contributed by atoms with van der Waals surface area (Å²) in [5.41, 5.74) is -0.594. The third-order valence-electron chi connectivity index (χ3n) is 4.44. The summed E-state index contributed by atoms with van der Waals surface area (Å²) in [5, 5.41) is 9.36. The van der Waals surface area contributed by atoms with Gasteiger partial charge >= 0.3 is 12.1 Å². The predicted octanol–water partition coefficient (Wildman–Crippen LogP) is 3.28. The van der Waals surface area contributed by atoms with Gasteiger partial charge in [0.2, 0.25) is 0 Å². The zero-order chi connectivity index (χ0) is 15.6. The summed E-state index contributed by atoms with van der Waals surface area (Å²) in [4.78, 5) is 25.0. The van der Waals surface area contributed by atoms with E-state index in [9.17, 15) is 14.7 Å². The minimum atomic E-state index is -0.921. The third kappa shape index (κ3) is 4.35. The molecule has 5 nitrogen and oxygen atoms in total. The van der Waals surface area contributed by atoms with Crippen LogP contribution in [0.15, 0.2) is 0 Å². The van der Waals surface area contributed by atoms with Crippen LogP contribution in [0.5, 0.6) is 0 Å². The number of carboxylic acid groups (broad SMARTS) is 1. The van der Waals surface area contributed by atoms with Gasteiger partial charge in [-0.25, -0.2) is 9.59 Å². The van der Waals surface area contributed by atoms with Crippen LogP contribution in [-0.2, 0) is 9.53 Å². The number of hydrogen-bond acceptors (Lipinski definition) is 3. The van der Waals surface area contributed by atoms with Gasteiger partial charge in [-0.05, 0) is 45.4 Å². The summed E-state index contributed by atoms with van der Waals surface area (Å²) >= 11 is 0. The van der Waals surface area contributed by atoms with Gasteiger partial charge < -0.3 is 9.84 Å². The molecule has 0 bridgehead atoms. The number of carbonyl (C=O) groups is 2. The van der Waals surface area contributed by atoms with Crippen LogP contribution in [0.2, 0.25) is 0 Å². The van der Waals surface area contributed by atoms with E-state index in [-0.39, 0.29) is 0 Å². The van der Waals surface area contributed by atoms with Crippen molar-refractivity contribution in [2.45, 2.75) is 70.9 Å². The topological polar surface area (TPSA) is 66.8 Å². The number of carboxylic acids is 1. The molecule has 2 aliphatic rings. The Balaban J connectivity index is 1.97. The molecule has 2 rings (SSSR count). The Hall–Kier alpha value is -1.26. The molecule has 0 aromatic carbocycles. The van der Waals surface area contributed by atoms with E-state index >= 15 is 0 Å². The monoisotopic (exact) mass is 297 g/mol. The number of ether oxygens (including phenoxy) is 1. The molecule has 1 heterocycles. The smallest absolute Gasteiger partial charge is 0.411 e. The highest BCUT2D eigenvalue weighted by Crippen LogP contribution is 2.36. The van der Waals surface area contributed by atoms with Crippen LogP contribution >= 0.6 is 0 Å². The number of amides is 1. The van der Waals surface area contributed by atoms with Crippen LogP contribution < -0.4 is 0 Å². The molecule has 5 heteroatoms. The zero-order valence-electron chi connectivity index (χ0n) is 13.3. The van der Waals surface area contributed by atoms with Crippen LogP contribution in [0.1, 0.15) is 59.3 Å². The first kappa shape index (κ1) is 16.1. The number of aliphatic carboxylic acids is 1. The minimum Gasteiger partial charge on any atom is -0.480 e. The van der Waals surface area contributed by atoms with E-state index in [2.05, 4.69) is 0 Å². The first-order valence-electron chi connectivity index (χ1n) is 7.98. The summed E-state index contributed by atoms with van der Waals surface area (Å²) in [6.45, 7) is 5.91. The molecule has 0 unspecified atom stereocenters. The lowest BCUT2D eigenvalue weighted by Gasteiger charge is -2.27. The van der Waals surface area contributed by atoms with Gasteiger partial charge in [-0.15, -0.1) is 0 Å². The number of nitrogens with zero attached hydrogens (tertiary/aromatic N) is 1. The Kier molecular flexibility index (Phi) is 4.79. The molecular formula is C16H27NO4. The molecular weight excluding hydrogens is 270 g/mol. The van der Waals surface area contributed by atoms with Gasteiger partial charge in [-0.2, -0.15) is 0 Å². The number of rotatable bonds is 3. The second kappa shape index (κ2) is 6.24. The van der Waals surface area contributed by atoms with Crippen molar-refractivity contribution in [3.8, 4) is 0 Å². The predicted molar refractivity (Wildman–Crippen MR) is 79.0 cm³/mol. The van der Waals surface area contributed by atoms with E-state index < -0.39 is 23.7 Å². The largest absolute Gasteiger partial charge is 0.480 e. The van der Waals surface area contributed by atoms with E-state index in [4.69, 9.17) is 4.74 Å². The summed E-state index contributed by atoms with van der Waals surface area (Å²) in [5.74, 6) is 0.0829. The third-order valence-corrected chi connectivity index (χ3v) is 4.44. The van der Waals surface area contributed by atoms with Gasteiger partial charge in [0.15, 0.2) is 0 Å². The Bertz CT molecular complexity index is 396. The summed E-state index contributed by atoms with van der Waals surface area (Å²) in [7, 11) is 0.